The van der Waals surface area contributed by atoms with E-state index in [1.165, 1.54) is 17.7 Å². The number of aliphatic hydroxyl groups is 1. The average Bonchev–Trinajstić information content (AvgIpc) is 2.77. The van der Waals surface area contributed by atoms with Gasteiger partial charge < -0.3 is 9.84 Å². The summed E-state index contributed by atoms with van der Waals surface area (Å²) in [7, 11) is 0. The Balaban J connectivity index is 1.66. The highest BCUT2D eigenvalue weighted by Crippen LogP contribution is 2.44. The minimum Gasteiger partial charge on any atom is -0.487 e. The molecule has 0 saturated heterocycles. The van der Waals surface area contributed by atoms with E-state index < -0.39 is 6.10 Å². The van der Waals surface area contributed by atoms with Crippen molar-refractivity contribution in [1.29, 1.82) is 0 Å². The van der Waals surface area contributed by atoms with Crippen LogP contribution in [0.5, 0.6) is 5.75 Å². The van der Waals surface area contributed by atoms with E-state index in [1.807, 2.05) is 48.5 Å². The molecule has 170 valence electrons. The van der Waals surface area contributed by atoms with Crippen LogP contribution in [0, 0.1) is 11.2 Å². The summed E-state index contributed by atoms with van der Waals surface area (Å²) in [5, 5.41) is 11.3. The van der Waals surface area contributed by atoms with Gasteiger partial charge in [0.05, 0.1) is 17.3 Å². The van der Waals surface area contributed by atoms with Gasteiger partial charge in [-0.3, -0.25) is 0 Å². The van der Waals surface area contributed by atoms with E-state index in [9.17, 15) is 9.50 Å². The molecule has 4 aromatic rings. The molecule has 2 atom stereocenters. The molecule has 0 radical (unpaired) electrons. The van der Waals surface area contributed by atoms with Gasteiger partial charge in [-0.25, -0.2) is 9.37 Å². The molecule has 0 aliphatic carbocycles. The molecule has 0 amide bonds. The van der Waals surface area contributed by atoms with Crippen molar-refractivity contribution in [1.82, 2.24) is 4.98 Å². The molecule has 0 bridgehead atoms. The van der Waals surface area contributed by atoms with Crippen LogP contribution < -0.4 is 4.74 Å². The lowest BCUT2D eigenvalue weighted by atomic mass is 9.71. The van der Waals surface area contributed by atoms with Gasteiger partial charge in [0.25, 0.3) is 0 Å². The zero-order valence-electron chi connectivity index (χ0n) is 19.5. The maximum Gasteiger partial charge on any atom is 0.130 e. The fraction of sp³-hybridized carbons (Fsp3) is 0.276. The average molecular weight is 444 g/mol. The van der Waals surface area contributed by atoms with E-state index in [2.05, 4.69) is 37.9 Å². The molecule has 0 fully saturated rings. The molecule has 1 N–H and O–H groups in total. The number of aromatic nitrogens is 1. The standard InChI is InChI=1S/C29H30FNO2/c1-19(32)25-14-13-24(17-26(25)28(29(2,3)4)20-8-6-5-7-9-20)33-18-23-12-10-21-16-22(30)11-15-27(21)31-23/h5-17,19,28,32H,18H2,1-4H3. The summed E-state index contributed by atoms with van der Waals surface area (Å²) in [4.78, 5) is 4.59. The first-order valence-electron chi connectivity index (χ1n) is 11.3. The van der Waals surface area contributed by atoms with Crippen LogP contribution in [0.3, 0.4) is 0 Å². The van der Waals surface area contributed by atoms with Gasteiger partial charge in [-0.1, -0.05) is 63.2 Å². The first-order valence-corrected chi connectivity index (χ1v) is 11.3. The van der Waals surface area contributed by atoms with Gasteiger partial charge in [0.2, 0.25) is 0 Å². The SMILES string of the molecule is CC(O)c1ccc(OCc2ccc3cc(F)ccc3n2)cc1C(c1ccccc1)C(C)(C)C. The fourth-order valence-electron chi connectivity index (χ4n) is 4.44. The molecular formula is C29H30FNO2. The summed E-state index contributed by atoms with van der Waals surface area (Å²) in [5.74, 6) is 0.534. The Kier molecular flexibility index (Phi) is 6.48. The van der Waals surface area contributed by atoms with Crippen LogP contribution in [0.1, 0.15) is 62.1 Å². The van der Waals surface area contributed by atoms with E-state index in [1.54, 1.807) is 13.0 Å². The van der Waals surface area contributed by atoms with E-state index in [4.69, 9.17) is 4.74 Å². The van der Waals surface area contributed by atoms with Crippen molar-refractivity contribution in [3.63, 3.8) is 0 Å². The number of benzene rings is 3. The van der Waals surface area contributed by atoms with E-state index in [-0.39, 0.29) is 17.2 Å². The van der Waals surface area contributed by atoms with Crippen LogP contribution in [0.15, 0.2) is 78.9 Å². The van der Waals surface area contributed by atoms with Gasteiger partial charge in [-0.2, -0.15) is 0 Å². The lowest BCUT2D eigenvalue weighted by Crippen LogP contribution is -2.21. The summed E-state index contributed by atoms with van der Waals surface area (Å²) in [6.45, 7) is 8.74. The Morgan fingerprint density at radius 1 is 0.909 bits per heavy atom. The maximum atomic E-state index is 13.4. The van der Waals surface area contributed by atoms with E-state index in [0.29, 0.717) is 6.61 Å². The van der Waals surface area contributed by atoms with Gasteiger partial charge in [0.15, 0.2) is 0 Å². The number of aliphatic hydroxyl groups excluding tert-OH is 1. The number of hydrogen-bond donors (Lipinski definition) is 1. The number of nitrogens with zero attached hydrogens (tertiary/aromatic N) is 1. The molecule has 1 heterocycles. The van der Waals surface area contributed by atoms with Crippen LogP contribution in [0.25, 0.3) is 10.9 Å². The third kappa shape index (κ3) is 5.23. The summed E-state index contributed by atoms with van der Waals surface area (Å²) in [6, 6.07) is 24.6. The minimum atomic E-state index is -0.592. The molecule has 0 spiro atoms. The highest BCUT2D eigenvalue weighted by atomic mass is 19.1. The first kappa shape index (κ1) is 22.9. The van der Waals surface area contributed by atoms with Crippen LogP contribution in [0.2, 0.25) is 0 Å². The largest absolute Gasteiger partial charge is 0.487 e. The minimum absolute atomic E-state index is 0.0706. The number of halogens is 1. The Hall–Kier alpha value is -3.24. The Bertz CT molecular complexity index is 1250. The second-order valence-corrected chi connectivity index (χ2v) is 9.60. The smallest absolute Gasteiger partial charge is 0.130 e. The topological polar surface area (TPSA) is 42.4 Å². The van der Waals surface area contributed by atoms with E-state index >= 15 is 0 Å². The second-order valence-electron chi connectivity index (χ2n) is 9.60. The van der Waals surface area contributed by atoms with Crippen LogP contribution in [-0.4, -0.2) is 10.1 Å². The summed E-state index contributed by atoms with van der Waals surface area (Å²) < 4.78 is 19.6. The summed E-state index contributed by atoms with van der Waals surface area (Å²) in [6.07, 6.45) is -0.592. The zero-order valence-corrected chi connectivity index (χ0v) is 19.5. The molecule has 1 aromatic heterocycles. The number of pyridine rings is 1. The Morgan fingerprint density at radius 2 is 1.67 bits per heavy atom. The van der Waals surface area contributed by atoms with Crippen LogP contribution >= 0.6 is 0 Å². The highest BCUT2D eigenvalue weighted by Gasteiger charge is 2.30. The number of hydrogen-bond acceptors (Lipinski definition) is 3. The van der Waals surface area contributed by atoms with Crippen molar-refractivity contribution in [2.75, 3.05) is 0 Å². The van der Waals surface area contributed by atoms with Gasteiger partial charge in [-0.05, 0) is 65.4 Å². The van der Waals surface area contributed by atoms with Gasteiger partial charge >= 0.3 is 0 Å². The molecule has 0 saturated carbocycles. The van der Waals surface area contributed by atoms with Crippen molar-refractivity contribution in [2.24, 2.45) is 5.41 Å². The quantitative estimate of drug-likeness (QED) is 0.343. The second kappa shape index (κ2) is 9.32. The van der Waals surface area contributed by atoms with Crippen molar-refractivity contribution in [2.45, 2.75) is 46.3 Å². The fourth-order valence-corrected chi connectivity index (χ4v) is 4.44. The maximum absolute atomic E-state index is 13.4. The Morgan fingerprint density at radius 3 is 2.36 bits per heavy atom. The summed E-state index contributed by atoms with van der Waals surface area (Å²) in [5.41, 5.74) is 4.59. The van der Waals surface area contributed by atoms with Crippen molar-refractivity contribution >= 4 is 10.9 Å². The predicted molar refractivity (Wildman–Crippen MR) is 131 cm³/mol. The molecule has 3 aromatic carbocycles. The molecular weight excluding hydrogens is 413 g/mol. The third-order valence-corrected chi connectivity index (χ3v) is 5.91. The lowest BCUT2D eigenvalue weighted by Gasteiger charge is -2.34. The normalized spacial score (nSPS) is 13.6. The molecule has 0 aliphatic rings. The molecule has 4 rings (SSSR count). The molecule has 4 heteroatoms. The van der Waals surface area contributed by atoms with Gasteiger partial charge in [0, 0.05) is 11.3 Å². The molecule has 0 aliphatic heterocycles. The number of fused-ring (bicyclic) bond motifs is 1. The van der Waals surface area contributed by atoms with Crippen molar-refractivity contribution in [3.05, 3.63) is 107 Å². The van der Waals surface area contributed by atoms with Crippen LogP contribution in [-0.2, 0) is 6.61 Å². The highest BCUT2D eigenvalue weighted by molar-refractivity contribution is 5.78. The number of ether oxygens (including phenoxy) is 1. The van der Waals surface area contributed by atoms with Crippen molar-refractivity contribution in [3.8, 4) is 5.75 Å². The van der Waals surface area contributed by atoms with E-state index in [0.717, 1.165) is 33.5 Å². The predicted octanol–water partition coefficient (Wildman–Crippen LogP) is 7.18. The first-order chi connectivity index (χ1) is 15.7. The lowest BCUT2D eigenvalue weighted by molar-refractivity contribution is 0.196. The Labute approximate surface area is 194 Å². The molecule has 33 heavy (non-hydrogen) atoms. The van der Waals surface area contributed by atoms with Gasteiger partial charge in [-0.15, -0.1) is 0 Å². The number of rotatable bonds is 6. The van der Waals surface area contributed by atoms with Crippen molar-refractivity contribution < 1.29 is 14.2 Å². The summed E-state index contributed by atoms with van der Waals surface area (Å²) >= 11 is 0. The van der Waals surface area contributed by atoms with Gasteiger partial charge in [0.1, 0.15) is 18.2 Å². The molecule has 3 nitrogen and oxygen atoms in total. The zero-order chi connectivity index (χ0) is 23.6. The van der Waals surface area contributed by atoms with Crippen LogP contribution in [0.4, 0.5) is 4.39 Å². The monoisotopic (exact) mass is 443 g/mol. The molecule has 2 unspecified atom stereocenters. The third-order valence-electron chi connectivity index (χ3n) is 5.91.